The molecule has 308 valence electrons. The Morgan fingerprint density at radius 3 is 1.58 bits per heavy atom. The lowest BCUT2D eigenvalue weighted by Crippen LogP contribution is -2.65. The zero-order valence-electron chi connectivity index (χ0n) is 28.9. The number of rotatable bonds is 19. The molecule has 0 spiro atoms. The molecule has 25 nitrogen and oxygen atoms in total. The lowest BCUT2D eigenvalue weighted by Gasteiger charge is -2.46. The van der Waals surface area contributed by atoms with Crippen LogP contribution in [0.3, 0.4) is 0 Å². The van der Waals surface area contributed by atoms with Crippen LogP contribution in [0.2, 0.25) is 0 Å². The van der Waals surface area contributed by atoms with Crippen molar-refractivity contribution in [3.05, 3.63) is 0 Å². The molecular formula is C28H52N6O19. The van der Waals surface area contributed by atoms with Crippen LogP contribution in [0.4, 0.5) is 0 Å². The van der Waals surface area contributed by atoms with Gasteiger partial charge in [0.15, 0.2) is 18.9 Å². The quantitative estimate of drug-likeness (QED) is 0.0428. The van der Waals surface area contributed by atoms with Gasteiger partial charge in [0.25, 0.3) is 0 Å². The predicted molar refractivity (Wildman–Crippen MR) is 169 cm³/mol. The van der Waals surface area contributed by atoms with Gasteiger partial charge in [0.2, 0.25) is 17.7 Å². The number of aliphatic hydroxyl groups excluding tert-OH is 10. The average Bonchev–Trinajstić information content (AvgIpc) is 3.11. The molecule has 0 bridgehead atoms. The lowest BCUT2D eigenvalue weighted by atomic mass is 9.96. The smallest absolute Gasteiger partial charge is 0.248 e. The summed E-state index contributed by atoms with van der Waals surface area (Å²) >= 11 is 0. The van der Waals surface area contributed by atoms with Gasteiger partial charge in [-0.05, 0) is 0 Å². The Bertz CT molecular complexity index is 1130. The Kier molecular flexibility index (Phi) is 18.4. The van der Waals surface area contributed by atoms with Crippen molar-refractivity contribution in [3.63, 3.8) is 0 Å². The summed E-state index contributed by atoms with van der Waals surface area (Å²) in [5.74, 6) is -1.69. The fourth-order valence-corrected chi connectivity index (χ4v) is 5.62. The maximum Gasteiger partial charge on any atom is 0.248 e. The van der Waals surface area contributed by atoms with E-state index in [1.54, 1.807) is 0 Å². The number of hydrogen-bond donors (Lipinski definition) is 15. The molecule has 0 radical (unpaired) electrons. The van der Waals surface area contributed by atoms with E-state index in [9.17, 15) is 65.4 Å². The molecule has 15 N–H and O–H groups in total. The summed E-state index contributed by atoms with van der Waals surface area (Å²) in [5, 5.41) is 105. The summed E-state index contributed by atoms with van der Waals surface area (Å²) < 4.78 is 33.1. The fourth-order valence-electron chi connectivity index (χ4n) is 5.62. The van der Waals surface area contributed by atoms with Crippen molar-refractivity contribution in [1.82, 2.24) is 31.9 Å². The molecule has 0 saturated carbocycles. The Morgan fingerprint density at radius 2 is 1.06 bits per heavy atom. The summed E-state index contributed by atoms with van der Waals surface area (Å²) in [6.07, 6.45) is -25.7. The first kappa shape index (κ1) is 45.0. The van der Waals surface area contributed by atoms with Crippen molar-refractivity contribution in [2.45, 2.75) is 92.1 Å². The highest BCUT2D eigenvalue weighted by atomic mass is 16.7. The van der Waals surface area contributed by atoms with Crippen LogP contribution in [0.25, 0.3) is 0 Å². The number of amides is 3. The average molecular weight is 777 g/mol. The van der Waals surface area contributed by atoms with Gasteiger partial charge >= 0.3 is 0 Å². The first-order valence-corrected chi connectivity index (χ1v) is 16.6. The molecule has 3 saturated heterocycles. The van der Waals surface area contributed by atoms with Gasteiger partial charge in [-0.3, -0.25) is 30.1 Å². The minimum absolute atomic E-state index is 0.211. The Labute approximate surface area is 302 Å². The van der Waals surface area contributed by atoms with Crippen LogP contribution in [-0.2, 0) is 42.8 Å². The maximum absolute atomic E-state index is 12.7. The van der Waals surface area contributed by atoms with E-state index in [1.807, 2.05) is 0 Å². The van der Waals surface area contributed by atoms with E-state index in [-0.39, 0.29) is 26.2 Å². The molecule has 3 rings (SSSR count). The molecule has 25 heteroatoms. The molecule has 0 aromatic rings. The first-order valence-electron chi connectivity index (χ1n) is 16.6. The van der Waals surface area contributed by atoms with Crippen LogP contribution in [-0.4, -0.2) is 233 Å². The highest BCUT2D eigenvalue weighted by Gasteiger charge is 2.52. The molecule has 3 aliphatic rings. The second-order valence-electron chi connectivity index (χ2n) is 12.3. The summed E-state index contributed by atoms with van der Waals surface area (Å²) in [5.41, 5.74) is 9.52. The predicted octanol–water partition coefficient (Wildman–Crippen LogP) is -10.6. The number of hydrazine groups is 2. The number of carbonyl (C=O) groups excluding carboxylic acids is 3. The van der Waals surface area contributed by atoms with E-state index < -0.39 is 136 Å². The van der Waals surface area contributed by atoms with Gasteiger partial charge in [0, 0.05) is 20.6 Å². The standard InChI is InChI=1S/C28H52N6O19/c1-29-32-15(38)6-34(7-16(39)33-30-2)5-14(37)31-3-4-48-27-24(47)25(53-28-23(46)21(44)18(41)12(9-36)51-28)19(42)13(52-27)10-49-26-22(45)20(43)17(40)11(8-35)50-26/h11-13,17-30,35-36,40-47H,3-10H2,1-2H3,(H,31,37)(H,32,38)(H,33,39)/t11-,12-,13-,17-,18-,19-,20+,21+,22+,23+,24+,25+,26+,27+,28-/m1/s1. The molecule has 3 aliphatic heterocycles. The van der Waals surface area contributed by atoms with Crippen molar-refractivity contribution < 1.29 is 93.9 Å². The van der Waals surface area contributed by atoms with Gasteiger partial charge in [-0.15, -0.1) is 0 Å². The Morgan fingerprint density at radius 1 is 0.585 bits per heavy atom. The molecule has 15 atom stereocenters. The third-order valence-electron chi connectivity index (χ3n) is 8.39. The van der Waals surface area contributed by atoms with Crippen molar-refractivity contribution in [2.24, 2.45) is 0 Å². The second kappa shape index (κ2) is 21.7. The van der Waals surface area contributed by atoms with Crippen LogP contribution in [0.15, 0.2) is 0 Å². The first-order chi connectivity index (χ1) is 25.2. The highest BCUT2D eigenvalue weighted by Crippen LogP contribution is 2.31. The van der Waals surface area contributed by atoms with E-state index in [1.165, 1.54) is 19.0 Å². The molecule has 3 fully saturated rings. The molecule has 3 heterocycles. The molecule has 0 aliphatic carbocycles. The van der Waals surface area contributed by atoms with Crippen LogP contribution in [0.1, 0.15) is 0 Å². The highest BCUT2D eigenvalue weighted by molar-refractivity contribution is 5.83. The van der Waals surface area contributed by atoms with Crippen molar-refractivity contribution in [2.75, 3.05) is 66.7 Å². The van der Waals surface area contributed by atoms with Crippen LogP contribution >= 0.6 is 0 Å². The molecule has 0 unspecified atom stereocenters. The monoisotopic (exact) mass is 776 g/mol. The fraction of sp³-hybridized carbons (Fsp3) is 0.893. The number of ether oxygens (including phenoxy) is 6. The Hall–Kier alpha value is -2.35. The summed E-state index contributed by atoms with van der Waals surface area (Å²) in [7, 11) is 2.91. The van der Waals surface area contributed by atoms with Gasteiger partial charge in [-0.25, -0.2) is 10.9 Å². The topological polar surface area (TPSA) is 372 Å². The van der Waals surface area contributed by atoms with E-state index in [0.29, 0.717) is 0 Å². The minimum Gasteiger partial charge on any atom is -0.394 e. The van der Waals surface area contributed by atoms with E-state index >= 15 is 0 Å². The van der Waals surface area contributed by atoms with Crippen LogP contribution < -0.4 is 27.0 Å². The van der Waals surface area contributed by atoms with E-state index in [4.69, 9.17) is 28.4 Å². The summed E-state index contributed by atoms with van der Waals surface area (Å²) in [4.78, 5) is 38.0. The van der Waals surface area contributed by atoms with Gasteiger partial charge < -0.3 is 84.8 Å². The largest absolute Gasteiger partial charge is 0.394 e. The number of hydrogen-bond acceptors (Lipinski definition) is 22. The maximum atomic E-state index is 12.7. The minimum atomic E-state index is -1.93. The second-order valence-corrected chi connectivity index (χ2v) is 12.3. The Balaban J connectivity index is 1.68. The number of nitrogens with zero attached hydrogens (tertiary/aromatic N) is 1. The zero-order valence-corrected chi connectivity index (χ0v) is 28.9. The van der Waals surface area contributed by atoms with E-state index in [2.05, 4.69) is 27.0 Å². The van der Waals surface area contributed by atoms with Crippen LogP contribution in [0.5, 0.6) is 0 Å². The molecular weight excluding hydrogens is 724 g/mol. The number of nitrogens with one attached hydrogen (secondary N) is 5. The SMILES string of the molecule is CNNC(=O)CN(CC(=O)NCCO[C@H]1O[C@H](CO[C@H]2O[C@H](CO)[C@@H](O)[C@H](O)[C@@H]2O)[C@@H](O)[C@H](O[C@H]2O[C@H](CO)[C@@H](O)[C@H](O)[C@@H]2O)[C@@H]1O)CC(=O)NNC. The third-order valence-corrected chi connectivity index (χ3v) is 8.39. The number of aliphatic hydroxyl groups is 10. The summed E-state index contributed by atoms with van der Waals surface area (Å²) in [6.45, 7) is -3.83. The normalized spacial score (nSPS) is 37.6. The van der Waals surface area contributed by atoms with Gasteiger partial charge in [0.05, 0.1) is 46.1 Å². The molecule has 0 aromatic carbocycles. The van der Waals surface area contributed by atoms with Gasteiger partial charge in [0.1, 0.15) is 73.2 Å². The lowest BCUT2D eigenvalue weighted by molar-refractivity contribution is -0.366. The van der Waals surface area contributed by atoms with Crippen molar-refractivity contribution >= 4 is 17.7 Å². The van der Waals surface area contributed by atoms with Crippen molar-refractivity contribution in [3.8, 4) is 0 Å². The molecule has 53 heavy (non-hydrogen) atoms. The van der Waals surface area contributed by atoms with Crippen molar-refractivity contribution in [1.29, 1.82) is 0 Å². The van der Waals surface area contributed by atoms with Gasteiger partial charge in [-0.2, -0.15) is 0 Å². The third kappa shape index (κ3) is 12.3. The summed E-state index contributed by atoms with van der Waals surface area (Å²) in [6, 6.07) is 0. The number of carbonyl (C=O) groups is 3. The van der Waals surface area contributed by atoms with Gasteiger partial charge in [-0.1, -0.05) is 0 Å². The van der Waals surface area contributed by atoms with E-state index in [0.717, 1.165) is 0 Å². The molecule has 3 amide bonds. The zero-order chi connectivity index (χ0) is 39.4. The molecule has 0 aromatic heterocycles. The van der Waals surface area contributed by atoms with Crippen LogP contribution in [0, 0.1) is 0 Å².